The van der Waals surface area contributed by atoms with E-state index >= 15 is 0 Å². The zero-order chi connectivity index (χ0) is 20.8. The third-order valence-corrected chi connectivity index (χ3v) is 5.58. The number of benzene rings is 1. The smallest absolute Gasteiger partial charge is 0.285 e. The molecule has 7 nitrogen and oxygen atoms in total. The van der Waals surface area contributed by atoms with Gasteiger partial charge in [-0.25, -0.2) is 19.5 Å². The van der Waals surface area contributed by atoms with Gasteiger partial charge < -0.3 is 0 Å². The molecule has 30 heavy (non-hydrogen) atoms. The van der Waals surface area contributed by atoms with Crippen molar-refractivity contribution in [3.63, 3.8) is 0 Å². The fourth-order valence-corrected chi connectivity index (χ4v) is 4.10. The summed E-state index contributed by atoms with van der Waals surface area (Å²) in [5.41, 5.74) is 4.42. The van der Waals surface area contributed by atoms with Crippen molar-refractivity contribution in [2.45, 2.75) is 6.42 Å². The Morgan fingerprint density at radius 2 is 2.07 bits per heavy atom. The number of anilines is 1. The lowest BCUT2D eigenvalue weighted by Gasteiger charge is -2.39. The van der Waals surface area contributed by atoms with Crippen LogP contribution in [0.1, 0.15) is 16.1 Å². The van der Waals surface area contributed by atoms with E-state index in [-0.39, 0.29) is 5.91 Å². The lowest BCUT2D eigenvalue weighted by molar-refractivity contribution is 0.0732. The monoisotopic (exact) mass is 466 g/mol. The van der Waals surface area contributed by atoms with Gasteiger partial charge in [0, 0.05) is 49.9 Å². The Balaban J connectivity index is 1.54. The molecule has 0 fully saturated rings. The summed E-state index contributed by atoms with van der Waals surface area (Å²) in [5.74, 6) is -0.764. The molecule has 0 bridgehead atoms. The molecule has 9 heteroatoms. The summed E-state index contributed by atoms with van der Waals surface area (Å²) in [4.78, 5) is 21.2. The predicted octanol–water partition coefficient (Wildman–Crippen LogP) is 3.74. The van der Waals surface area contributed by atoms with E-state index in [4.69, 9.17) is 0 Å². The predicted molar refractivity (Wildman–Crippen MR) is 113 cm³/mol. The Labute approximate surface area is 179 Å². The number of hydrazine groups is 1. The number of carbonyl (C=O) groups is 1. The van der Waals surface area contributed by atoms with Crippen LogP contribution in [0.5, 0.6) is 0 Å². The number of fused-ring (bicyclic) bond motifs is 2. The minimum atomic E-state index is -0.542. The highest BCUT2D eigenvalue weighted by Crippen LogP contribution is 2.37. The molecule has 0 N–H and O–H groups in total. The van der Waals surface area contributed by atoms with E-state index in [1.54, 1.807) is 34.1 Å². The zero-order valence-corrected chi connectivity index (χ0v) is 17.5. The topological polar surface area (TPSA) is 66.6 Å². The molecule has 5 rings (SSSR count). The van der Waals surface area contributed by atoms with E-state index in [9.17, 15) is 9.18 Å². The van der Waals surface area contributed by atoms with Crippen LogP contribution in [-0.4, -0.2) is 44.1 Å². The molecule has 1 aliphatic heterocycles. The van der Waals surface area contributed by atoms with E-state index < -0.39 is 5.95 Å². The molecular weight excluding hydrogens is 451 g/mol. The molecule has 0 spiro atoms. The quantitative estimate of drug-likeness (QED) is 0.421. The average molecular weight is 467 g/mol. The third kappa shape index (κ3) is 3.11. The first-order valence-electron chi connectivity index (χ1n) is 9.31. The SMILES string of the molecule is CN1c2c(cccc2-c2ccnc(F)c2)CCN1C(=O)c1cc2ncc(Br)cn2n1. The van der Waals surface area contributed by atoms with Crippen molar-refractivity contribution < 1.29 is 9.18 Å². The molecule has 0 radical (unpaired) electrons. The van der Waals surface area contributed by atoms with Crippen LogP contribution in [0, 0.1) is 5.95 Å². The Morgan fingerprint density at radius 1 is 1.20 bits per heavy atom. The number of rotatable bonds is 2. The normalized spacial score (nSPS) is 13.6. The highest BCUT2D eigenvalue weighted by molar-refractivity contribution is 9.10. The Hall–Kier alpha value is -3.33. The molecule has 4 aromatic rings. The number of amides is 1. The summed E-state index contributed by atoms with van der Waals surface area (Å²) in [6.07, 6.45) is 5.54. The molecule has 1 amide bonds. The maximum atomic E-state index is 13.7. The lowest BCUT2D eigenvalue weighted by Crippen LogP contribution is -2.48. The van der Waals surface area contributed by atoms with Gasteiger partial charge in [0.15, 0.2) is 11.3 Å². The van der Waals surface area contributed by atoms with Crippen molar-refractivity contribution in [1.82, 2.24) is 24.6 Å². The number of carbonyl (C=O) groups excluding carboxylic acids is 1. The fraction of sp³-hybridized carbons (Fsp3) is 0.143. The van der Waals surface area contributed by atoms with Gasteiger partial charge in [-0.15, -0.1) is 0 Å². The van der Waals surface area contributed by atoms with Crippen molar-refractivity contribution in [2.75, 3.05) is 18.6 Å². The fourth-order valence-electron chi connectivity index (χ4n) is 3.80. The lowest BCUT2D eigenvalue weighted by atomic mass is 9.97. The van der Waals surface area contributed by atoms with Crippen molar-refractivity contribution >= 4 is 33.2 Å². The highest BCUT2D eigenvalue weighted by Gasteiger charge is 2.30. The maximum Gasteiger partial charge on any atom is 0.292 e. The van der Waals surface area contributed by atoms with E-state index in [0.29, 0.717) is 29.9 Å². The minimum Gasteiger partial charge on any atom is -0.285 e. The zero-order valence-electron chi connectivity index (χ0n) is 16.0. The number of hydrogen-bond donors (Lipinski definition) is 0. The summed E-state index contributed by atoms with van der Waals surface area (Å²) < 4.78 is 16.1. The Morgan fingerprint density at radius 3 is 2.90 bits per heavy atom. The van der Waals surface area contributed by atoms with Crippen LogP contribution in [0.15, 0.2) is 59.5 Å². The molecule has 0 aliphatic carbocycles. The van der Waals surface area contributed by atoms with Gasteiger partial charge in [0.2, 0.25) is 5.95 Å². The van der Waals surface area contributed by atoms with E-state index in [1.807, 2.05) is 30.3 Å². The molecule has 0 unspecified atom stereocenters. The minimum absolute atomic E-state index is 0.222. The summed E-state index contributed by atoms with van der Waals surface area (Å²) in [5, 5.41) is 7.85. The molecule has 0 atom stereocenters. The van der Waals surface area contributed by atoms with E-state index in [2.05, 4.69) is 31.0 Å². The number of hydrogen-bond acceptors (Lipinski definition) is 5. The van der Waals surface area contributed by atoms with Crippen molar-refractivity contribution in [2.24, 2.45) is 0 Å². The number of pyridine rings is 1. The van der Waals surface area contributed by atoms with Gasteiger partial charge in [0.1, 0.15) is 0 Å². The van der Waals surface area contributed by atoms with E-state index in [1.165, 1.54) is 12.3 Å². The van der Waals surface area contributed by atoms with Crippen molar-refractivity contribution in [3.05, 3.63) is 76.7 Å². The number of halogens is 2. The first-order chi connectivity index (χ1) is 14.5. The van der Waals surface area contributed by atoms with Crippen LogP contribution in [0.25, 0.3) is 16.8 Å². The summed E-state index contributed by atoms with van der Waals surface area (Å²) in [6, 6.07) is 10.7. The summed E-state index contributed by atoms with van der Waals surface area (Å²) in [6.45, 7) is 0.515. The van der Waals surface area contributed by atoms with Gasteiger partial charge in [-0.05, 0) is 39.5 Å². The van der Waals surface area contributed by atoms with Crippen molar-refractivity contribution in [3.8, 4) is 11.1 Å². The van der Waals surface area contributed by atoms with Gasteiger partial charge in [-0.2, -0.15) is 9.49 Å². The number of para-hydroxylation sites is 1. The molecule has 3 aromatic heterocycles. The van der Waals surface area contributed by atoms with Crippen LogP contribution >= 0.6 is 15.9 Å². The van der Waals surface area contributed by atoms with Gasteiger partial charge in [-0.3, -0.25) is 9.80 Å². The molecule has 1 aromatic carbocycles. The second kappa shape index (κ2) is 7.17. The molecule has 150 valence electrons. The van der Waals surface area contributed by atoms with Gasteiger partial charge in [-0.1, -0.05) is 18.2 Å². The number of nitrogens with zero attached hydrogens (tertiary/aromatic N) is 6. The maximum absolute atomic E-state index is 13.7. The largest absolute Gasteiger partial charge is 0.292 e. The van der Waals surface area contributed by atoms with Crippen LogP contribution in [-0.2, 0) is 6.42 Å². The summed E-state index contributed by atoms with van der Waals surface area (Å²) >= 11 is 3.36. The van der Waals surface area contributed by atoms with Crippen LogP contribution in [0.2, 0.25) is 0 Å². The van der Waals surface area contributed by atoms with Gasteiger partial charge in [0.25, 0.3) is 5.91 Å². The highest BCUT2D eigenvalue weighted by atomic mass is 79.9. The molecule has 0 saturated carbocycles. The second-order valence-electron chi connectivity index (χ2n) is 6.99. The molecular formula is C21H16BrFN6O. The van der Waals surface area contributed by atoms with Crippen molar-refractivity contribution in [1.29, 1.82) is 0 Å². The molecule has 0 saturated heterocycles. The second-order valence-corrected chi connectivity index (χ2v) is 7.90. The molecule has 1 aliphatic rings. The van der Waals surface area contributed by atoms with Gasteiger partial charge in [0.05, 0.1) is 10.2 Å². The van der Waals surface area contributed by atoms with Crippen LogP contribution in [0.4, 0.5) is 10.1 Å². The average Bonchev–Trinajstić information content (AvgIpc) is 3.16. The standard InChI is InChI=1S/C21H16BrFN6O/c1-27-20-13(3-2-4-16(20)14-5-7-24-18(23)9-14)6-8-29(27)21(30)17-10-19-25-11-15(22)12-28(19)26-17/h2-5,7,9-12H,6,8H2,1H3. The molecule has 4 heterocycles. The summed E-state index contributed by atoms with van der Waals surface area (Å²) in [7, 11) is 1.83. The first-order valence-corrected chi connectivity index (χ1v) is 10.1. The third-order valence-electron chi connectivity index (χ3n) is 5.17. The Bertz CT molecular complexity index is 1290. The number of aromatic nitrogens is 4. The van der Waals surface area contributed by atoms with E-state index in [0.717, 1.165) is 21.3 Å². The first kappa shape index (κ1) is 18.7. The van der Waals surface area contributed by atoms with Gasteiger partial charge >= 0.3 is 0 Å². The Kier molecular flexibility index (Phi) is 4.47. The van der Waals surface area contributed by atoms with Crippen LogP contribution in [0.3, 0.4) is 0 Å². The van der Waals surface area contributed by atoms with Crippen LogP contribution < -0.4 is 5.01 Å².